The van der Waals surface area contributed by atoms with Gasteiger partial charge in [0, 0.05) is 39.4 Å². The number of pyridine rings is 1. The van der Waals surface area contributed by atoms with Gasteiger partial charge in [0.1, 0.15) is 10.0 Å². The van der Waals surface area contributed by atoms with Crippen LogP contribution in [0.2, 0.25) is 4.34 Å². The highest BCUT2D eigenvalue weighted by Crippen LogP contribution is 2.30. The van der Waals surface area contributed by atoms with Crippen LogP contribution in [0.25, 0.3) is 0 Å². The number of aromatic nitrogens is 1. The van der Waals surface area contributed by atoms with Crippen molar-refractivity contribution in [2.75, 3.05) is 44.7 Å². The smallest absolute Gasteiger partial charge is 0.353 e. The Bertz CT molecular complexity index is 1000. The lowest BCUT2D eigenvalue weighted by Gasteiger charge is -2.36. The molecule has 1 amide bonds. The Kier molecular flexibility index (Phi) is 6.60. The molecule has 0 aromatic carbocycles. The van der Waals surface area contributed by atoms with Crippen molar-refractivity contribution < 1.29 is 26.4 Å². The number of sulfonamides is 1. The number of hydrogen-bond donors (Lipinski definition) is 0. The van der Waals surface area contributed by atoms with Crippen molar-refractivity contribution >= 4 is 44.7 Å². The number of alkyl halides is 3. The summed E-state index contributed by atoms with van der Waals surface area (Å²) >= 11 is 6.70. The number of piperazine rings is 1. The molecule has 1 fully saturated rings. The number of thiophene rings is 1. The molecule has 0 unspecified atom stereocenters. The van der Waals surface area contributed by atoms with Gasteiger partial charge in [-0.3, -0.25) is 4.79 Å². The molecular weight excluding hydrogens is 465 g/mol. The predicted octanol–water partition coefficient (Wildman–Crippen LogP) is 2.78. The minimum Gasteiger partial charge on any atom is -0.353 e. The predicted molar refractivity (Wildman–Crippen MR) is 107 cm³/mol. The molecule has 0 aliphatic carbocycles. The SMILES string of the molecule is CN(CC(=O)N1CCN(c2ccc(C(F)(F)F)cn2)CC1)S(=O)(=O)c1ccc(Cl)s1. The molecular formula is C17H18ClF3N4O3S2. The average Bonchev–Trinajstić information content (AvgIpc) is 3.14. The molecule has 1 saturated heterocycles. The van der Waals surface area contributed by atoms with Crippen LogP contribution < -0.4 is 4.90 Å². The van der Waals surface area contributed by atoms with Gasteiger partial charge in [-0.05, 0) is 24.3 Å². The third-order valence-electron chi connectivity index (χ3n) is 4.60. The van der Waals surface area contributed by atoms with E-state index < -0.39 is 21.8 Å². The fourth-order valence-electron chi connectivity index (χ4n) is 2.89. The van der Waals surface area contributed by atoms with Gasteiger partial charge in [-0.2, -0.15) is 17.5 Å². The Morgan fingerprint density at radius 2 is 1.87 bits per heavy atom. The van der Waals surface area contributed by atoms with Gasteiger partial charge in [0.15, 0.2) is 0 Å². The number of hydrogen-bond acceptors (Lipinski definition) is 6. The molecule has 2 aromatic heterocycles. The molecule has 2 aromatic rings. The van der Waals surface area contributed by atoms with Crippen molar-refractivity contribution in [2.45, 2.75) is 10.4 Å². The Morgan fingerprint density at radius 1 is 1.20 bits per heavy atom. The number of carbonyl (C=O) groups excluding carboxylic acids is 1. The van der Waals surface area contributed by atoms with E-state index in [9.17, 15) is 26.4 Å². The second-order valence-corrected chi connectivity index (χ2v) is 10.6. The maximum absolute atomic E-state index is 12.6. The van der Waals surface area contributed by atoms with E-state index in [0.717, 1.165) is 27.9 Å². The fourth-order valence-corrected chi connectivity index (χ4v) is 5.70. The van der Waals surface area contributed by atoms with E-state index in [4.69, 9.17) is 11.6 Å². The van der Waals surface area contributed by atoms with Crippen molar-refractivity contribution in [3.8, 4) is 0 Å². The third kappa shape index (κ3) is 5.05. The van der Waals surface area contributed by atoms with Crippen LogP contribution in [0.4, 0.5) is 19.0 Å². The van der Waals surface area contributed by atoms with Crippen LogP contribution in [0, 0.1) is 0 Å². The summed E-state index contributed by atoms with van der Waals surface area (Å²) in [6, 6.07) is 5.13. The van der Waals surface area contributed by atoms with Crippen molar-refractivity contribution in [1.82, 2.24) is 14.2 Å². The number of halogens is 4. The zero-order chi connectivity index (χ0) is 22.1. The Labute approximate surface area is 180 Å². The van der Waals surface area contributed by atoms with Crippen LogP contribution in [0.15, 0.2) is 34.7 Å². The first-order valence-corrected chi connectivity index (χ1v) is 11.4. The quantitative estimate of drug-likeness (QED) is 0.655. The number of nitrogens with zero attached hydrogens (tertiary/aromatic N) is 4. The standard InChI is InChI=1S/C17H18ClF3N4O3S2/c1-23(30(27,28)16-5-3-13(18)29-16)11-15(26)25-8-6-24(7-9-25)14-4-2-12(10-22-14)17(19,20)21/h2-5,10H,6-9,11H2,1H3. The van der Waals surface area contributed by atoms with Crippen LogP contribution in [0.5, 0.6) is 0 Å². The summed E-state index contributed by atoms with van der Waals surface area (Å²) < 4.78 is 64.3. The molecule has 7 nitrogen and oxygen atoms in total. The molecule has 164 valence electrons. The maximum atomic E-state index is 12.6. The lowest BCUT2D eigenvalue weighted by molar-refractivity contribution is -0.137. The molecule has 0 atom stereocenters. The van der Waals surface area contributed by atoms with Gasteiger partial charge in [0.05, 0.1) is 16.4 Å². The van der Waals surface area contributed by atoms with E-state index in [0.29, 0.717) is 36.3 Å². The number of anilines is 1. The topological polar surface area (TPSA) is 73.8 Å². The van der Waals surface area contributed by atoms with Crippen molar-refractivity contribution in [3.05, 3.63) is 40.4 Å². The Balaban J connectivity index is 1.56. The highest BCUT2D eigenvalue weighted by Gasteiger charge is 2.31. The highest BCUT2D eigenvalue weighted by atomic mass is 35.5. The lowest BCUT2D eigenvalue weighted by Crippen LogP contribution is -2.51. The van der Waals surface area contributed by atoms with E-state index in [-0.39, 0.29) is 16.7 Å². The van der Waals surface area contributed by atoms with Crippen LogP contribution in [-0.4, -0.2) is 68.3 Å². The second kappa shape index (κ2) is 8.69. The zero-order valence-corrected chi connectivity index (χ0v) is 18.2. The number of carbonyl (C=O) groups is 1. The van der Waals surface area contributed by atoms with Crippen LogP contribution in [0.3, 0.4) is 0 Å². The van der Waals surface area contributed by atoms with Gasteiger partial charge in [-0.15, -0.1) is 11.3 Å². The summed E-state index contributed by atoms with van der Waals surface area (Å²) in [7, 11) is -2.49. The molecule has 0 N–H and O–H groups in total. The first-order chi connectivity index (χ1) is 14.0. The van der Waals surface area contributed by atoms with Crippen molar-refractivity contribution in [3.63, 3.8) is 0 Å². The first-order valence-electron chi connectivity index (χ1n) is 8.76. The molecule has 0 spiro atoms. The van der Waals surface area contributed by atoms with E-state index in [1.807, 2.05) is 0 Å². The summed E-state index contributed by atoms with van der Waals surface area (Å²) in [6.45, 7) is 1.04. The number of rotatable bonds is 5. The Hall–Kier alpha value is -1.89. The lowest BCUT2D eigenvalue weighted by atomic mass is 10.2. The molecule has 1 aliphatic heterocycles. The van der Waals surface area contributed by atoms with E-state index >= 15 is 0 Å². The first kappa shape index (κ1) is 22.8. The second-order valence-electron chi connectivity index (χ2n) is 6.59. The molecule has 0 radical (unpaired) electrons. The third-order valence-corrected chi connectivity index (χ3v) is 8.10. The Morgan fingerprint density at radius 3 is 2.37 bits per heavy atom. The summed E-state index contributed by atoms with van der Waals surface area (Å²) in [5, 5.41) is 0. The van der Waals surface area contributed by atoms with Crippen molar-refractivity contribution in [1.29, 1.82) is 0 Å². The minimum absolute atomic E-state index is 0.0565. The molecule has 1 aliphatic rings. The maximum Gasteiger partial charge on any atom is 0.417 e. The summed E-state index contributed by atoms with van der Waals surface area (Å²) in [6.07, 6.45) is -3.67. The number of likely N-dealkylation sites (N-methyl/N-ethyl adjacent to an activating group) is 1. The van der Waals surface area contributed by atoms with Gasteiger partial charge in [-0.25, -0.2) is 13.4 Å². The van der Waals surface area contributed by atoms with Gasteiger partial charge >= 0.3 is 6.18 Å². The molecule has 3 heterocycles. The summed E-state index contributed by atoms with van der Waals surface area (Å²) in [4.78, 5) is 19.7. The van der Waals surface area contributed by atoms with E-state index in [1.54, 1.807) is 4.90 Å². The molecule has 0 bridgehead atoms. The van der Waals surface area contributed by atoms with Gasteiger partial charge in [0.2, 0.25) is 5.91 Å². The normalized spacial score (nSPS) is 15.7. The largest absolute Gasteiger partial charge is 0.417 e. The molecule has 30 heavy (non-hydrogen) atoms. The minimum atomic E-state index is -4.45. The van der Waals surface area contributed by atoms with Crippen LogP contribution in [-0.2, 0) is 21.0 Å². The average molecular weight is 483 g/mol. The molecule has 0 saturated carbocycles. The zero-order valence-electron chi connectivity index (χ0n) is 15.8. The number of amides is 1. The summed E-state index contributed by atoms with van der Waals surface area (Å²) in [5.41, 5.74) is -0.823. The van der Waals surface area contributed by atoms with Gasteiger partial charge in [0.25, 0.3) is 10.0 Å². The van der Waals surface area contributed by atoms with Gasteiger partial charge < -0.3 is 9.80 Å². The van der Waals surface area contributed by atoms with Crippen molar-refractivity contribution in [2.24, 2.45) is 0 Å². The van der Waals surface area contributed by atoms with E-state index in [2.05, 4.69) is 4.98 Å². The monoisotopic (exact) mass is 482 g/mol. The highest BCUT2D eigenvalue weighted by molar-refractivity contribution is 7.91. The van der Waals surface area contributed by atoms with Crippen LogP contribution >= 0.6 is 22.9 Å². The fraction of sp³-hybridized carbons (Fsp3) is 0.412. The molecule has 3 rings (SSSR count). The van der Waals surface area contributed by atoms with Crippen LogP contribution in [0.1, 0.15) is 5.56 Å². The van der Waals surface area contributed by atoms with Gasteiger partial charge in [-0.1, -0.05) is 11.6 Å². The summed E-state index contributed by atoms with van der Waals surface area (Å²) in [5.74, 6) is 0.0353. The molecule has 13 heteroatoms. The van der Waals surface area contributed by atoms with E-state index in [1.165, 1.54) is 30.1 Å².